The number of nitrogens with one attached hydrogen (secondary N) is 1. The molecule has 10 heteroatoms. The predicted molar refractivity (Wildman–Crippen MR) is 108 cm³/mol. The zero-order chi connectivity index (χ0) is 20.9. The Bertz CT molecular complexity index is 1160. The number of fused-ring (bicyclic) bond motifs is 3. The third-order valence-corrected chi connectivity index (χ3v) is 5.49. The van der Waals surface area contributed by atoms with Gasteiger partial charge in [0.25, 0.3) is 0 Å². The van der Waals surface area contributed by atoms with Gasteiger partial charge in [-0.1, -0.05) is 37.0 Å². The van der Waals surface area contributed by atoms with Crippen LogP contribution in [0.2, 0.25) is 10.2 Å². The Labute approximate surface area is 176 Å². The Morgan fingerprint density at radius 2 is 2.00 bits per heavy atom. The van der Waals surface area contributed by atoms with Crippen molar-refractivity contribution in [1.82, 2.24) is 19.6 Å². The van der Waals surface area contributed by atoms with Gasteiger partial charge in [-0.2, -0.15) is 5.10 Å². The summed E-state index contributed by atoms with van der Waals surface area (Å²) in [5, 5.41) is 7.58. The smallest absolute Gasteiger partial charge is 0.358 e. The Morgan fingerprint density at radius 3 is 2.69 bits per heavy atom. The van der Waals surface area contributed by atoms with E-state index in [1.54, 1.807) is 16.8 Å². The lowest BCUT2D eigenvalue weighted by Crippen LogP contribution is -2.22. The third-order valence-electron chi connectivity index (χ3n) is 5.02. The van der Waals surface area contributed by atoms with Crippen molar-refractivity contribution < 1.29 is 14.3 Å². The van der Waals surface area contributed by atoms with Crippen LogP contribution in [-0.2, 0) is 14.9 Å². The minimum Gasteiger partial charge on any atom is -0.464 e. The molecule has 3 heterocycles. The molecule has 0 aliphatic heterocycles. The molecule has 0 bridgehead atoms. The van der Waals surface area contributed by atoms with Gasteiger partial charge in [0.2, 0.25) is 5.91 Å². The molecular weight excluding hydrogens is 417 g/mol. The van der Waals surface area contributed by atoms with Crippen molar-refractivity contribution in [2.75, 3.05) is 12.4 Å². The maximum atomic E-state index is 13.0. The van der Waals surface area contributed by atoms with E-state index in [0.717, 1.165) is 11.3 Å². The van der Waals surface area contributed by atoms with Gasteiger partial charge in [0.15, 0.2) is 16.5 Å². The van der Waals surface area contributed by atoms with E-state index < -0.39 is 11.9 Å². The van der Waals surface area contributed by atoms with Crippen LogP contribution in [0.15, 0.2) is 24.5 Å². The first-order valence-corrected chi connectivity index (χ1v) is 9.56. The molecule has 1 amide bonds. The zero-order valence-corrected chi connectivity index (χ0v) is 17.4. The lowest BCUT2D eigenvalue weighted by Gasteiger charge is -2.19. The summed E-state index contributed by atoms with van der Waals surface area (Å²) in [5.74, 6) is -1.30. The first-order valence-electron chi connectivity index (χ1n) is 8.80. The quantitative estimate of drug-likeness (QED) is 0.633. The zero-order valence-electron chi connectivity index (χ0n) is 15.9. The molecule has 0 saturated carbocycles. The van der Waals surface area contributed by atoms with E-state index in [9.17, 15) is 9.59 Å². The monoisotopic (exact) mass is 433 g/mol. The number of halogens is 2. The minimum absolute atomic E-state index is 0.0123. The Hall–Kier alpha value is -2.71. The number of esters is 1. The van der Waals surface area contributed by atoms with Crippen LogP contribution in [0.1, 0.15) is 47.9 Å². The van der Waals surface area contributed by atoms with Crippen molar-refractivity contribution in [3.05, 3.63) is 51.7 Å². The van der Waals surface area contributed by atoms with Gasteiger partial charge in [-0.05, 0) is 12.5 Å². The number of ether oxygens (including phenoxy) is 1. The summed E-state index contributed by atoms with van der Waals surface area (Å²) in [6.45, 7) is 4.11. The fourth-order valence-corrected chi connectivity index (χ4v) is 4.20. The van der Waals surface area contributed by atoms with Gasteiger partial charge in [-0.3, -0.25) is 4.79 Å². The number of amides is 1. The molecular formula is C19H17Cl2N5O3. The fraction of sp³-hybridized carbons (Fsp3) is 0.316. The summed E-state index contributed by atoms with van der Waals surface area (Å²) in [6.07, 6.45) is 3.65. The van der Waals surface area contributed by atoms with Gasteiger partial charge < -0.3 is 10.1 Å². The number of hydrogen-bond acceptors (Lipinski definition) is 6. The normalized spacial score (nSPS) is 17.2. The second-order valence-electron chi connectivity index (χ2n) is 7.48. The highest BCUT2D eigenvalue weighted by Gasteiger charge is 2.43. The lowest BCUT2D eigenvalue weighted by molar-refractivity contribution is -0.117. The SMILES string of the molecule is COC(=O)c1ncc(NC(=O)C2CC(C)(C)c3c2cnc2cc(Cl)nn32)cc1Cl. The van der Waals surface area contributed by atoms with Crippen LogP contribution in [0.4, 0.5) is 5.69 Å². The Balaban J connectivity index is 1.65. The molecule has 8 nitrogen and oxygen atoms in total. The van der Waals surface area contributed by atoms with Crippen molar-refractivity contribution in [3.8, 4) is 0 Å². The van der Waals surface area contributed by atoms with Crippen LogP contribution in [0.3, 0.4) is 0 Å². The highest BCUT2D eigenvalue weighted by molar-refractivity contribution is 6.33. The van der Waals surface area contributed by atoms with Crippen molar-refractivity contribution in [2.24, 2.45) is 0 Å². The minimum atomic E-state index is -0.646. The predicted octanol–water partition coefficient (Wildman–Crippen LogP) is 3.62. The highest BCUT2D eigenvalue weighted by atomic mass is 35.5. The summed E-state index contributed by atoms with van der Waals surface area (Å²) in [6, 6.07) is 3.15. The van der Waals surface area contributed by atoms with Gasteiger partial charge in [0, 0.05) is 23.2 Å². The summed E-state index contributed by atoms with van der Waals surface area (Å²) in [7, 11) is 1.24. The van der Waals surface area contributed by atoms with Gasteiger partial charge >= 0.3 is 5.97 Å². The first-order chi connectivity index (χ1) is 13.7. The number of carbonyl (C=O) groups excluding carboxylic acids is 2. The average Bonchev–Trinajstić information content (AvgIpc) is 3.17. The largest absolute Gasteiger partial charge is 0.464 e. The molecule has 3 aromatic heterocycles. The van der Waals surface area contributed by atoms with Crippen LogP contribution in [0.25, 0.3) is 5.65 Å². The van der Waals surface area contributed by atoms with Crippen LogP contribution >= 0.6 is 23.2 Å². The molecule has 0 aromatic carbocycles. The maximum Gasteiger partial charge on any atom is 0.358 e. The summed E-state index contributed by atoms with van der Waals surface area (Å²) in [5.41, 5.74) is 2.41. The standard InChI is InChI=1S/C19H17Cl2N5O3/c1-19(2)6-10(11-8-22-14-5-13(21)25-26(14)16(11)19)17(27)24-9-4-12(20)15(23-7-9)18(28)29-3/h4-5,7-8,10H,6H2,1-3H3,(H,24,27). The van der Waals surface area contributed by atoms with Crippen LogP contribution in [0.5, 0.6) is 0 Å². The van der Waals surface area contributed by atoms with E-state index in [1.807, 2.05) is 0 Å². The number of carbonyl (C=O) groups is 2. The number of pyridine rings is 1. The van der Waals surface area contributed by atoms with Crippen LogP contribution in [-0.4, -0.2) is 38.6 Å². The molecule has 0 fully saturated rings. The number of nitrogens with zero attached hydrogens (tertiary/aromatic N) is 4. The fourth-order valence-electron chi connectivity index (χ4n) is 3.78. The number of methoxy groups -OCH3 is 1. The third kappa shape index (κ3) is 3.32. The molecule has 0 saturated heterocycles. The van der Waals surface area contributed by atoms with Crippen molar-refractivity contribution in [1.29, 1.82) is 0 Å². The molecule has 0 spiro atoms. The highest BCUT2D eigenvalue weighted by Crippen LogP contribution is 2.46. The van der Waals surface area contributed by atoms with Crippen molar-refractivity contribution >= 4 is 46.4 Å². The number of anilines is 1. The first kappa shape index (κ1) is 19.6. The number of rotatable bonds is 3. The van der Waals surface area contributed by atoms with E-state index in [2.05, 4.69) is 39.0 Å². The second kappa shape index (κ2) is 6.96. The van der Waals surface area contributed by atoms with E-state index in [4.69, 9.17) is 23.2 Å². The van der Waals surface area contributed by atoms with Gasteiger partial charge in [-0.25, -0.2) is 19.3 Å². The van der Waals surface area contributed by atoms with Gasteiger partial charge in [0.1, 0.15) is 0 Å². The van der Waals surface area contributed by atoms with E-state index in [-0.39, 0.29) is 22.0 Å². The van der Waals surface area contributed by atoms with Gasteiger partial charge in [-0.15, -0.1) is 0 Å². The van der Waals surface area contributed by atoms with E-state index in [0.29, 0.717) is 22.9 Å². The summed E-state index contributed by atoms with van der Waals surface area (Å²) >= 11 is 12.1. The topological polar surface area (TPSA) is 98.5 Å². The average molecular weight is 434 g/mol. The molecule has 1 N–H and O–H groups in total. The Morgan fingerprint density at radius 1 is 1.24 bits per heavy atom. The molecule has 0 radical (unpaired) electrons. The maximum absolute atomic E-state index is 13.0. The molecule has 1 unspecified atom stereocenters. The van der Waals surface area contributed by atoms with Crippen LogP contribution in [0, 0.1) is 0 Å². The number of aromatic nitrogens is 4. The lowest BCUT2D eigenvalue weighted by atomic mass is 9.88. The van der Waals surface area contributed by atoms with E-state index in [1.165, 1.54) is 19.4 Å². The second-order valence-corrected chi connectivity index (χ2v) is 8.27. The van der Waals surface area contributed by atoms with E-state index >= 15 is 0 Å². The van der Waals surface area contributed by atoms with Crippen LogP contribution < -0.4 is 5.32 Å². The molecule has 1 aliphatic rings. The molecule has 3 aromatic rings. The van der Waals surface area contributed by atoms with Gasteiger partial charge in [0.05, 0.1) is 35.6 Å². The molecule has 29 heavy (non-hydrogen) atoms. The van der Waals surface area contributed by atoms with Crippen molar-refractivity contribution in [3.63, 3.8) is 0 Å². The van der Waals surface area contributed by atoms with Crippen molar-refractivity contribution in [2.45, 2.75) is 31.6 Å². The molecule has 1 atom stereocenters. The number of hydrogen-bond donors (Lipinski definition) is 1. The summed E-state index contributed by atoms with van der Waals surface area (Å²) in [4.78, 5) is 33.0. The molecule has 150 valence electrons. The Kier molecular flexibility index (Phi) is 4.71. The molecule has 4 rings (SSSR count). The molecule has 1 aliphatic carbocycles. The summed E-state index contributed by atoms with van der Waals surface area (Å²) < 4.78 is 6.32.